The fourth-order valence-corrected chi connectivity index (χ4v) is 3.82. The number of piperidine rings is 1. The first kappa shape index (κ1) is 20.8. The predicted octanol–water partition coefficient (Wildman–Crippen LogP) is 4.12. The molecule has 0 saturated carbocycles. The summed E-state index contributed by atoms with van der Waals surface area (Å²) in [4.78, 5) is 19.0. The Kier molecular flexibility index (Phi) is 6.16. The molecule has 0 N–H and O–H groups in total. The number of amides is 1. The summed E-state index contributed by atoms with van der Waals surface area (Å²) in [5, 5.41) is 3.74. The minimum absolute atomic E-state index is 0.0434. The van der Waals surface area contributed by atoms with Crippen LogP contribution in [0.1, 0.15) is 46.1 Å². The number of benzene rings is 1. The molecule has 0 bridgehead atoms. The average molecular weight is 425 g/mol. The van der Waals surface area contributed by atoms with Crippen molar-refractivity contribution >= 4 is 5.91 Å². The fourth-order valence-electron chi connectivity index (χ4n) is 3.82. The number of nitrogens with zero attached hydrogens (tertiary/aromatic N) is 3. The van der Waals surface area contributed by atoms with E-state index in [0.29, 0.717) is 24.5 Å². The van der Waals surface area contributed by atoms with Gasteiger partial charge in [-0.1, -0.05) is 5.16 Å². The van der Waals surface area contributed by atoms with Crippen LogP contribution in [0.25, 0.3) is 0 Å². The quantitative estimate of drug-likeness (QED) is 0.591. The molecule has 0 radical (unpaired) electrons. The van der Waals surface area contributed by atoms with E-state index in [1.54, 1.807) is 24.1 Å². The van der Waals surface area contributed by atoms with Gasteiger partial charge >= 0.3 is 0 Å². The number of halogens is 1. The Bertz CT molecular complexity index is 1050. The van der Waals surface area contributed by atoms with Gasteiger partial charge in [-0.3, -0.25) is 9.78 Å². The van der Waals surface area contributed by atoms with Crippen molar-refractivity contribution in [2.75, 3.05) is 20.2 Å². The molecular formula is C23H24FN3O4. The van der Waals surface area contributed by atoms with Crippen molar-refractivity contribution in [3.05, 3.63) is 71.1 Å². The van der Waals surface area contributed by atoms with Gasteiger partial charge in [0.25, 0.3) is 5.91 Å². The standard InChI is InChI=1S/C23H24FN3O4/c1-15-11-22(29-2)20(13-25-15)16-5-8-27(9-6-16)23(28)19-4-3-18(12-21(19)24)30-14-17-7-10-31-26-17/h3-4,7,10-13,16H,5-6,8-9,14H2,1-2H3. The number of likely N-dealkylation sites (tertiary alicyclic amines) is 1. The fraction of sp³-hybridized carbons (Fsp3) is 0.348. The van der Waals surface area contributed by atoms with Gasteiger partial charge in [-0.25, -0.2) is 4.39 Å². The molecule has 4 rings (SSSR count). The van der Waals surface area contributed by atoms with Crippen molar-refractivity contribution in [3.63, 3.8) is 0 Å². The molecule has 1 aliphatic rings. The Morgan fingerprint density at radius 1 is 1.26 bits per heavy atom. The number of aromatic nitrogens is 2. The molecule has 3 heterocycles. The highest BCUT2D eigenvalue weighted by atomic mass is 19.1. The third-order valence-corrected chi connectivity index (χ3v) is 5.52. The summed E-state index contributed by atoms with van der Waals surface area (Å²) in [6.07, 6.45) is 4.84. The van der Waals surface area contributed by atoms with E-state index in [1.165, 1.54) is 18.4 Å². The van der Waals surface area contributed by atoms with E-state index < -0.39 is 5.82 Å². The molecule has 7 nitrogen and oxygen atoms in total. The summed E-state index contributed by atoms with van der Waals surface area (Å²) >= 11 is 0. The molecular weight excluding hydrogens is 401 g/mol. The van der Waals surface area contributed by atoms with Gasteiger partial charge in [-0.15, -0.1) is 0 Å². The molecule has 1 aliphatic heterocycles. The first-order chi connectivity index (χ1) is 15.0. The number of rotatable bonds is 6. The largest absolute Gasteiger partial charge is 0.496 e. The monoisotopic (exact) mass is 425 g/mol. The molecule has 1 saturated heterocycles. The zero-order chi connectivity index (χ0) is 21.8. The van der Waals surface area contributed by atoms with Crippen LogP contribution in [-0.2, 0) is 6.61 Å². The van der Waals surface area contributed by atoms with Gasteiger partial charge in [0, 0.05) is 48.7 Å². The maximum atomic E-state index is 14.6. The number of ether oxygens (including phenoxy) is 2. The van der Waals surface area contributed by atoms with Crippen LogP contribution in [0.5, 0.6) is 11.5 Å². The number of hydrogen-bond donors (Lipinski definition) is 0. The van der Waals surface area contributed by atoms with E-state index >= 15 is 0 Å². The maximum absolute atomic E-state index is 14.6. The van der Waals surface area contributed by atoms with Crippen molar-refractivity contribution in [2.24, 2.45) is 0 Å². The molecule has 31 heavy (non-hydrogen) atoms. The van der Waals surface area contributed by atoms with E-state index in [-0.39, 0.29) is 24.0 Å². The van der Waals surface area contributed by atoms with E-state index in [2.05, 4.69) is 10.1 Å². The number of aryl methyl sites for hydroxylation is 1. The van der Waals surface area contributed by atoms with Crippen LogP contribution in [0, 0.1) is 12.7 Å². The Balaban J connectivity index is 1.38. The Hall–Kier alpha value is -3.42. The highest BCUT2D eigenvalue weighted by Crippen LogP contribution is 2.34. The van der Waals surface area contributed by atoms with Crippen LogP contribution in [0.4, 0.5) is 4.39 Å². The van der Waals surface area contributed by atoms with Crippen LogP contribution in [0.15, 0.2) is 47.3 Å². The molecule has 0 unspecified atom stereocenters. The number of carbonyl (C=O) groups excluding carboxylic acids is 1. The molecule has 162 valence electrons. The van der Waals surface area contributed by atoms with E-state index in [9.17, 15) is 9.18 Å². The lowest BCUT2D eigenvalue weighted by Crippen LogP contribution is -2.38. The Morgan fingerprint density at radius 3 is 2.74 bits per heavy atom. The van der Waals surface area contributed by atoms with Crippen LogP contribution >= 0.6 is 0 Å². The second-order valence-corrected chi connectivity index (χ2v) is 7.56. The van der Waals surface area contributed by atoms with Crippen molar-refractivity contribution in [3.8, 4) is 11.5 Å². The first-order valence-electron chi connectivity index (χ1n) is 10.2. The molecule has 8 heteroatoms. The molecule has 2 aromatic heterocycles. The predicted molar refractivity (Wildman–Crippen MR) is 111 cm³/mol. The van der Waals surface area contributed by atoms with Crippen molar-refractivity contribution in [1.29, 1.82) is 0 Å². The van der Waals surface area contributed by atoms with Crippen LogP contribution in [0.3, 0.4) is 0 Å². The lowest BCUT2D eigenvalue weighted by Gasteiger charge is -2.32. The van der Waals surface area contributed by atoms with E-state index in [4.69, 9.17) is 14.0 Å². The zero-order valence-corrected chi connectivity index (χ0v) is 17.5. The lowest BCUT2D eigenvalue weighted by atomic mass is 9.89. The number of carbonyl (C=O) groups is 1. The molecule has 0 aliphatic carbocycles. The Labute approximate surface area is 179 Å². The second kappa shape index (κ2) is 9.16. The minimum Gasteiger partial charge on any atom is -0.496 e. The van der Waals surface area contributed by atoms with Crippen molar-refractivity contribution in [2.45, 2.75) is 32.3 Å². The summed E-state index contributed by atoms with van der Waals surface area (Å²) in [5.74, 6) is 0.491. The summed E-state index contributed by atoms with van der Waals surface area (Å²) in [5.41, 5.74) is 2.60. The van der Waals surface area contributed by atoms with Crippen molar-refractivity contribution in [1.82, 2.24) is 15.0 Å². The summed E-state index contributed by atoms with van der Waals surface area (Å²) in [6, 6.07) is 7.87. The van der Waals surface area contributed by atoms with Gasteiger partial charge in [0.1, 0.15) is 35.9 Å². The maximum Gasteiger partial charge on any atom is 0.256 e. The summed E-state index contributed by atoms with van der Waals surface area (Å²) < 4.78 is 30.3. The van der Waals surface area contributed by atoms with E-state index in [1.807, 2.05) is 19.2 Å². The molecule has 3 aromatic rings. The number of methoxy groups -OCH3 is 1. The second-order valence-electron chi connectivity index (χ2n) is 7.56. The van der Waals surface area contributed by atoms with Gasteiger partial charge < -0.3 is 18.9 Å². The molecule has 0 spiro atoms. The lowest BCUT2D eigenvalue weighted by molar-refractivity contribution is 0.0707. The molecule has 0 atom stereocenters. The number of pyridine rings is 1. The molecule has 1 aromatic carbocycles. The number of hydrogen-bond acceptors (Lipinski definition) is 6. The smallest absolute Gasteiger partial charge is 0.256 e. The summed E-state index contributed by atoms with van der Waals surface area (Å²) in [7, 11) is 1.65. The topological polar surface area (TPSA) is 77.7 Å². The Morgan fingerprint density at radius 2 is 2.06 bits per heavy atom. The SMILES string of the molecule is COc1cc(C)ncc1C1CCN(C(=O)c2ccc(OCc3ccon3)cc2F)CC1. The van der Waals surface area contributed by atoms with Gasteiger partial charge in [0.15, 0.2) is 0 Å². The highest BCUT2D eigenvalue weighted by Gasteiger charge is 2.28. The first-order valence-corrected chi connectivity index (χ1v) is 10.2. The zero-order valence-electron chi connectivity index (χ0n) is 17.5. The van der Waals surface area contributed by atoms with Crippen molar-refractivity contribution < 1.29 is 23.2 Å². The average Bonchev–Trinajstić information content (AvgIpc) is 3.31. The van der Waals surface area contributed by atoms with Gasteiger partial charge in [0.2, 0.25) is 0 Å². The third kappa shape index (κ3) is 4.68. The molecule has 1 amide bonds. The van der Waals surface area contributed by atoms with Gasteiger partial charge in [-0.2, -0.15) is 0 Å². The van der Waals surface area contributed by atoms with Gasteiger partial charge in [0.05, 0.1) is 12.7 Å². The highest BCUT2D eigenvalue weighted by molar-refractivity contribution is 5.94. The minimum atomic E-state index is -0.603. The van der Waals surface area contributed by atoms with Crippen LogP contribution in [0.2, 0.25) is 0 Å². The van der Waals surface area contributed by atoms with Gasteiger partial charge in [-0.05, 0) is 37.8 Å². The third-order valence-electron chi connectivity index (χ3n) is 5.52. The van der Waals surface area contributed by atoms with E-state index in [0.717, 1.165) is 29.8 Å². The van der Waals surface area contributed by atoms with Crippen LogP contribution in [-0.4, -0.2) is 41.1 Å². The molecule has 1 fully saturated rings. The summed E-state index contributed by atoms with van der Waals surface area (Å²) in [6.45, 7) is 3.18. The van der Waals surface area contributed by atoms with Crippen LogP contribution < -0.4 is 9.47 Å². The normalized spacial score (nSPS) is 14.5.